The summed E-state index contributed by atoms with van der Waals surface area (Å²) in [5.41, 5.74) is 0.982. The van der Waals surface area contributed by atoms with Crippen LogP contribution in [0.2, 0.25) is 0 Å². The molecule has 2 aromatic rings. The highest BCUT2D eigenvalue weighted by molar-refractivity contribution is 6.00. The lowest BCUT2D eigenvalue weighted by molar-refractivity contribution is 0.0336. The number of ether oxygens (including phenoxy) is 1. The second kappa shape index (κ2) is 9.76. The zero-order valence-electron chi connectivity index (χ0n) is 19.3. The zero-order valence-corrected chi connectivity index (χ0v) is 19.3. The highest BCUT2D eigenvalue weighted by Gasteiger charge is 2.42. The molecular formula is C24H31N5O4. The van der Waals surface area contributed by atoms with E-state index in [0.29, 0.717) is 36.1 Å². The van der Waals surface area contributed by atoms with Gasteiger partial charge in [-0.2, -0.15) is 0 Å². The third kappa shape index (κ3) is 4.79. The molecule has 1 saturated heterocycles. The van der Waals surface area contributed by atoms with Crippen molar-refractivity contribution < 1.29 is 9.53 Å². The Morgan fingerprint density at radius 2 is 1.94 bits per heavy atom. The van der Waals surface area contributed by atoms with Crippen molar-refractivity contribution in [3.8, 4) is 0 Å². The molecule has 2 N–H and O–H groups in total. The third-order valence-corrected chi connectivity index (χ3v) is 6.11. The van der Waals surface area contributed by atoms with Gasteiger partial charge in [-0.15, -0.1) is 0 Å². The van der Waals surface area contributed by atoms with Gasteiger partial charge in [-0.25, -0.2) is 4.79 Å². The maximum Gasteiger partial charge on any atom is 0.329 e. The number of carbonyl (C=O) groups excluding carboxylic acids is 1. The Morgan fingerprint density at radius 1 is 1.18 bits per heavy atom. The van der Waals surface area contributed by atoms with E-state index in [2.05, 4.69) is 10.3 Å². The highest BCUT2D eigenvalue weighted by Crippen LogP contribution is 2.36. The van der Waals surface area contributed by atoms with E-state index in [0.717, 1.165) is 25.1 Å². The summed E-state index contributed by atoms with van der Waals surface area (Å²) in [6, 6.07) is 9.00. The molecule has 0 radical (unpaired) electrons. The van der Waals surface area contributed by atoms with Gasteiger partial charge in [0, 0.05) is 25.7 Å². The van der Waals surface area contributed by atoms with Gasteiger partial charge in [0.1, 0.15) is 11.5 Å². The van der Waals surface area contributed by atoms with E-state index in [1.165, 1.54) is 4.57 Å². The molecule has 4 rings (SSSR count). The van der Waals surface area contributed by atoms with Crippen LogP contribution in [-0.2, 0) is 11.8 Å². The van der Waals surface area contributed by atoms with Crippen molar-refractivity contribution in [1.82, 2.24) is 14.9 Å². The van der Waals surface area contributed by atoms with Crippen LogP contribution in [0.3, 0.4) is 0 Å². The second-order valence-electron chi connectivity index (χ2n) is 8.86. The largest absolute Gasteiger partial charge is 0.340 e. The first kappa shape index (κ1) is 23.0. The van der Waals surface area contributed by atoms with Crippen LogP contribution in [0.25, 0.3) is 0 Å². The number of ketones is 1. The Bertz CT molecular complexity index is 1140. The van der Waals surface area contributed by atoms with Crippen molar-refractivity contribution in [3.05, 3.63) is 68.4 Å². The molecule has 9 nitrogen and oxygen atoms in total. The number of rotatable bonds is 8. The molecule has 176 valence electrons. The number of fused-ring (bicyclic) bond motifs is 1. The van der Waals surface area contributed by atoms with E-state index in [9.17, 15) is 14.4 Å². The van der Waals surface area contributed by atoms with E-state index in [1.807, 2.05) is 43.0 Å². The zero-order chi connectivity index (χ0) is 23.5. The number of benzene rings is 1. The minimum atomic E-state index is -0.682. The minimum Gasteiger partial charge on any atom is -0.340 e. The number of anilines is 2. The van der Waals surface area contributed by atoms with Gasteiger partial charge in [-0.05, 0) is 32.7 Å². The Labute approximate surface area is 192 Å². The summed E-state index contributed by atoms with van der Waals surface area (Å²) in [5.74, 6) is 0.631. The maximum atomic E-state index is 13.2. The Hall–Kier alpha value is -3.17. The van der Waals surface area contributed by atoms with Crippen LogP contribution in [-0.4, -0.2) is 54.5 Å². The number of Topliss-reactive ketones (excluding diaryl/α,β-unsaturated/α-hetero) is 1. The molecule has 1 aromatic heterocycles. The summed E-state index contributed by atoms with van der Waals surface area (Å²) in [4.78, 5) is 44.5. The number of H-pyrrole nitrogens is 1. The smallest absolute Gasteiger partial charge is 0.329 e. The number of nitrogens with zero attached hydrogens (tertiary/aromatic N) is 3. The fraction of sp³-hybridized carbons (Fsp3) is 0.458. The summed E-state index contributed by atoms with van der Waals surface area (Å²) >= 11 is 0. The summed E-state index contributed by atoms with van der Waals surface area (Å²) in [6.45, 7) is 6.67. The lowest BCUT2D eigenvalue weighted by Gasteiger charge is -2.32. The van der Waals surface area contributed by atoms with Crippen molar-refractivity contribution in [2.45, 2.75) is 26.6 Å². The predicted molar refractivity (Wildman–Crippen MR) is 128 cm³/mol. The normalized spacial score (nSPS) is 19.6. The number of aromatic amines is 1. The van der Waals surface area contributed by atoms with Gasteiger partial charge in [-0.1, -0.05) is 42.0 Å². The van der Waals surface area contributed by atoms with Crippen LogP contribution in [0.5, 0.6) is 0 Å². The molecule has 2 atom stereocenters. The first-order valence-corrected chi connectivity index (χ1v) is 11.3. The van der Waals surface area contributed by atoms with Gasteiger partial charge in [0.25, 0.3) is 5.56 Å². The van der Waals surface area contributed by atoms with Gasteiger partial charge in [0.15, 0.2) is 5.78 Å². The van der Waals surface area contributed by atoms with Crippen molar-refractivity contribution in [2.24, 2.45) is 13.0 Å². The molecule has 0 aliphatic carbocycles. The fourth-order valence-corrected chi connectivity index (χ4v) is 4.31. The van der Waals surface area contributed by atoms with Crippen LogP contribution >= 0.6 is 0 Å². The highest BCUT2D eigenvalue weighted by atomic mass is 16.5. The van der Waals surface area contributed by atoms with Gasteiger partial charge in [-0.3, -0.25) is 19.1 Å². The molecule has 2 aliphatic rings. The SMILES string of the molecule is CC(C)=CCN1c2c(n(C)c(=O)[nH]c2=O)N(CC(=O)c2ccccc2)[C@H]1OCC1CCNC1. The number of nitrogens with one attached hydrogen (secondary N) is 2. The van der Waals surface area contributed by atoms with Crippen molar-refractivity contribution >= 4 is 17.3 Å². The van der Waals surface area contributed by atoms with Crippen molar-refractivity contribution in [2.75, 3.05) is 42.6 Å². The topological polar surface area (TPSA) is 99.7 Å². The molecule has 1 unspecified atom stereocenters. The molecule has 3 heterocycles. The Balaban J connectivity index is 1.75. The summed E-state index contributed by atoms with van der Waals surface area (Å²) < 4.78 is 7.76. The van der Waals surface area contributed by atoms with Crippen LogP contribution < -0.4 is 26.4 Å². The quantitative estimate of drug-likeness (QED) is 0.461. The average molecular weight is 454 g/mol. The minimum absolute atomic E-state index is 0.0212. The standard InChI is InChI=1S/C24H31N5O4/c1-16(2)10-12-28-20-21(31)26-23(32)27(3)22(20)29(14-19(30)18-7-5-4-6-8-18)24(28)33-15-17-9-11-25-13-17/h4-8,10,17,24-25H,9,11-15H2,1-3H3,(H,26,31,32)/t17?,24-/m0/s1. The molecule has 0 saturated carbocycles. The second-order valence-corrected chi connectivity index (χ2v) is 8.86. The Kier molecular flexibility index (Phi) is 6.80. The monoisotopic (exact) mass is 453 g/mol. The lowest BCUT2D eigenvalue weighted by Crippen LogP contribution is -2.49. The molecule has 33 heavy (non-hydrogen) atoms. The van der Waals surface area contributed by atoms with E-state index in [4.69, 9.17) is 4.74 Å². The van der Waals surface area contributed by atoms with E-state index in [1.54, 1.807) is 24.1 Å². The molecule has 0 amide bonds. The van der Waals surface area contributed by atoms with Crippen LogP contribution in [0.1, 0.15) is 30.6 Å². The summed E-state index contributed by atoms with van der Waals surface area (Å²) in [7, 11) is 1.60. The number of hydrogen-bond acceptors (Lipinski definition) is 7. The molecule has 1 aromatic carbocycles. The van der Waals surface area contributed by atoms with E-state index < -0.39 is 17.6 Å². The average Bonchev–Trinajstić information content (AvgIpc) is 3.41. The number of hydrogen-bond donors (Lipinski definition) is 2. The maximum absolute atomic E-state index is 13.2. The molecule has 0 spiro atoms. The first-order valence-electron chi connectivity index (χ1n) is 11.3. The molecule has 0 bridgehead atoms. The van der Waals surface area contributed by atoms with Crippen molar-refractivity contribution in [1.29, 1.82) is 0 Å². The fourth-order valence-electron chi connectivity index (χ4n) is 4.31. The van der Waals surface area contributed by atoms with Crippen LogP contribution in [0.4, 0.5) is 11.5 Å². The third-order valence-electron chi connectivity index (χ3n) is 6.11. The van der Waals surface area contributed by atoms with Gasteiger partial charge >= 0.3 is 5.69 Å². The van der Waals surface area contributed by atoms with Gasteiger partial charge in [0.2, 0.25) is 6.35 Å². The lowest BCUT2D eigenvalue weighted by atomic mass is 10.1. The van der Waals surface area contributed by atoms with Gasteiger partial charge < -0.3 is 19.9 Å². The number of aromatic nitrogens is 2. The first-order chi connectivity index (χ1) is 15.9. The molecular weight excluding hydrogens is 422 g/mol. The van der Waals surface area contributed by atoms with Crippen LogP contribution in [0, 0.1) is 5.92 Å². The van der Waals surface area contributed by atoms with Crippen LogP contribution in [0.15, 0.2) is 51.6 Å². The van der Waals surface area contributed by atoms with E-state index in [-0.39, 0.29) is 12.3 Å². The number of carbonyl (C=O) groups is 1. The molecule has 1 fully saturated rings. The van der Waals surface area contributed by atoms with Crippen molar-refractivity contribution in [3.63, 3.8) is 0 Å². The number of allylic oxidation sites excluding steroid dienone is 1. The van der Waals surface area contributed by atoms with Gasteiger partial charge in [0.05, 0.1) is 13.2 Å². The summed E-state index contributed by atoms with van der Waals surface area (Å²) in [6.07, 6.45) is 2.33. The molecule has 2 aliphatic heterocycles. The Morgan fingerprint density at radius 3 is 2.61 bits per heavy atom. The predicted octanol–water partition coefficient (Wildman–Crippen LogP) is 1.46. The molecule has 9 heteroatoms. The van der Waals surface area contributed by atoms with E-state index >= 15 is 0 Å². The summed E-state index contributed by atoms with van der Waals surface area (Å²) in [5, 5.41) is 3.34.